The topological polar surface area (TPSA) is 63.3 Å². The largest absolute Gasteiger partial charge is 0.456 e. The molecule has 0 aliphatic heterocycles. The van der Waals surface area contributed by atoms with Crippen molar-refractivity contribution in [2.45, 2.75) is 13.8 Å². The summed E-state index contributed by atoms with van der Waals surface area (Å²) in [6.07, 6.45) is 0. The van der Waals surface area contributed by atoms with Gasteiger partial charge in [-0.05, 0) is 38.1 Å². The number of anilines is 1. The van der Waals surface area contributed by atoms with E-state index in [2.05, 4.69) is 20.5 Å². The number of hydrogen-bond donors (Lipinski definition) is 1. The van der Waals surface area contributed by atoms with E-state index in [0.717, 1.165) is 22.3 Å². The Kier molecular flexibility index (Phi) is 4.60. The third kappa shape index (κ3) is 3.83. The van der Waals surface area contributed by atoms with Crippen molar-refractivity contribution >= 4 is 28.5 Å². The van der Waals surface area contributed by atoms with E-state index < -0.39 is 0 Å². The van der Waals surface area contributed by atoms with Gasteiger partial charge in [0.15, 0.2) is 0 Å². The van der Waals surface area contributed by atoms with Gasteiger partial charge < -0.3 is 4.42 Å². The number of rotatable bonds is 3. The molecule has 4 aromatic rings. The number of hydrogen-bond acceptors (Lipinski definition) is 5. The van der Waals surface area contributed by atoms with E-state index in [9.17, 15) is 0 Å². The third-order valence-electron chi connectivity index (χ3n) is 4.02. The van der Waals surface area contributed by atoms with Crippen LogP contribution < -0.4 is 10.8 Å². The maximum atomic E-state index is 6.18. The van der Waals surface area contributed by atoms with E-state index in [-0.39, 0.29) is 0 Å². The first-order valence-corrected chi connectivity index (χ1v) is 8.87. The Morgan fingerprint density at radius 3 is 2.41 bits per heavy atom. The average molecular weight is 377 g/mol. The Morgan fingerprint density at radius 1 is 0.926 bits per heavy atom. The van der Waals surface area contributed by atoms with Gasteiger partial charge in [0, 0.05) is 33.4 Å². The van der Waals surface area contributed by atoms with Gasteiger partial charge in [-0.3, -0.25) is 0 Å². The minimum Gasteiger partial charge on any atom is -0.456 e. The van der Waals surface area contributed by atoms with Gasteiger partial charge in [-0.25, -0.2) is 15.4 Å². The smallest absolute Gasteiger partial charge is 0.243 e. The Morgan fingerprint density at radius 2 is 1.67 bits per heavy atom. The fourth-order valence-corrected chi connectivity index (χ4v) is 3.04. The molecule has 27 heavy (non-hydrogen) atoms. The predicted octanol–water partition coefficient (Wildman–Crippen LogP) is 5.09. The fourth-order valence-electron chi connectivity index (χ4n) is 2.86. The summed E-state index contributed by atoms with van der Waals surface area (Å²) in [5.74, 6) is 1.16. The van der Waals surface area contributed by atoms with Crippen LogP contribution in [0.2, 0.25) is 5.02 Å². The summed E-state index contributed by atoms with van der Waals surface area (Å²) in [6, 6.07) is 19.1. The second-order valence-electron chi connectivity index (χ2n) is 6.20. The Labute approximate surface area is 161 Å². The molecule has 134 valence electrons. The van der Waals surface area contributed by atoms with Crippen LogP contribution in [-0.2, 0) is 0 Å². The average Bonchev–Trinajstić information content (AvgIpc) is 2.66. The lowest BCUT2D eigenvalue weighted by Gasteiger charge is -2.06. The summed E-state index contributed by atoms with van der Waals surface area (Å²) >= 11 is 6.18. The zero-order valence-corrected chi connectivity index (χ0v) is 15.7. The van der Waals surface area contributed by atoms with Crippen LogP contribution in [0.5, 0.6) is 0 Å². The fraction of sp³-hybridized carbons (Fsp3) is 0.0952. The summed E-state index contributed by atoms with van der Waals surface area (Å²) in [5, 5.41) is 6.64. The normalized spacial score (nSPS) is 11.7. The molecule has 0 saturated carbocycles. The summed E-state index contributed by atoms with van der Waals surface area (Å²) < 4.78 is 6.06. The molecule has 0 unspecified atom stereocenters. The number of aryl methyl sites for hydroxylation is 2. The van der Waals surface area contributed by atoms with Crippen molar-refractivity contribution in [1.29, 1.82) is 0 Å². The molecule has 0 spiro atoms. The summed E-state index contributed by atoms with van der Waals surface area (Å²) in [5.41, 5.74) is 6.37. The number of nitrogens with zero attached hydrogens (tertiary/aromatic N) is 3. The van der Waals surface area contributed by atoms with Crippen molar-refractivity contribution in [3.05, 3.63) is 82.4 Å². The van der Waals surface area contributed by atoms with Gasteiger partial charge in [-0.15, -0.1) is 0 Å². The second-order valence-corrected chi connectivity index (χ2v) is 6.64. The van der Waals surface area contributed by atoms with E-state index in [0.29, 0.717) is 27.7 Å². The molecule has 1 N–H and O–H groups in total. The van der Waals surface area contributed by atoms with Gasteiger partial charge >= 0.3 is 0 Å². The van der Waals surface area contributed by atoms with E-state index in [1.165, 1.54) is 0 Å². The molecule has 0 atom stereocenters. The lowest BCUT2D eigenvalue weighted by molar-refractivity contribution is 0.618. The standard InChI is InChI=1S/C21H17ClN4O/c1-13-10-14(2)24-21(23-13)26-25-18-12-20(15-6-4-3-5-7-15)27-19-9-8-16(22)11-17(18)19/h3-12H,1-2H3,(H,23,24,26)/b25-18+. The quantitative estimate of drug-likeness (QED) is 0.506. The number of aromatic nitrogens is 2. The Balaban J connectivity index is 1.87. The van der Waals surface area contributed by atoms with E-state index >= 15 is 0 Å². The lowest BCUT2D eigenvalue weighted by atomic mass is 10.1. The van der Waals surface area contributed by atoms with Crippen LogP contribution >= 0.6 is 11.6 Å². The SMILES string of the molecule is Cc1cc(C)nc(N/N=c2\cc(-c3ccccc3)oc3ccc(Cl)cc23)n1. The first kappa shape index (κ1) is 17.2. The number of halogens is 1. The molecule has 0 bridgehead atoms. The summed E-state index contributed by atoms with van der Waals surface area (Å²) in [7, 11) is 0. The maximum absolute atomic E-state index is 6.18. The lowest BCUT2D eigenvalue weighted by Crippen LogP contribution is -2.09. The van der Waals surface area contributed by atoms with Crippen molar-refractivity contribution < 1.29 is 4.42 Å². The molecule has 2 heterocycles. The zero-order chi connectivity index (χ0) is 18.8. The minimum atomic E-state index is 0.449. The highest BCUT2D eigenvalue weighted by Crippen LogP contribution is 2.23. The highest BCUT2D eigenvalue weighted by Gasteiger charge is 2.07. The first-order valence-electron chi connectivity index (χ1n) is 8.49. The van der Waals surface area contributed by atoms with Crippen LogP contribution in [0.4, 0.5) is 5.95 Å². The van der Waals surface area contributed by atoms with Crippen LogP contribution in [0, 0.1) is 13.8 Å². The van der Waals surface area contributed by atoms with Crippen molar-refractivity contribution in [2.75, 3.05) is 5.43 Å². The van der Waals surface area contributed by atoms with Crippen LogP contribution in [-0.4, -0.2) is 9.97 Å². The van der Waals surface area contributed by atoms with Gasteiger partial charge in [-0.2, -0.15) is 5.10 Å². The summed E-state index contributed by atoms with van der Waals surface area (Å²) in [4.78, 5) is 8.72. The monoisotopic (exact) mass is 376 g/mol. The second kappa shape index (κ2) is 7.21. The molecular weight excluding hydrogens is 360 g/mol. The molecule has 5 nitrogen and oxygen atoms in total. The zero-order valence-electron chi connectivity index (χ0n) is 14.9. The molecule has 0 radical (unpaired) electrons. The van der Waals surface area contributed by atoms with Gasteiger partial charge in [0.05, 0.1) is 5.36 Å². The molecule has 4 rings (SSSR count). The van der Waals surface area contributed by atoms with Crippen molar-refractivity contribution in [3.8, 4) is 11.3 Å². The third-order valence-corrected chi connectivity index (χ3v) is 4.26. The maximum Gasteiger partial charge on any atom is 0.243 e. The van der Waals surface area contributed by atoms with Crippen molar-refractivity contribution in [2.24, 2.45) is 5.10 Å². The van der Waals surface area contributed by atoms with E-state index in [4.69, 9.17) is 16.0 Å². The number of benzene rings is 2. The minimum absolute atomic E-state index is 0.449. The molecule has 0 aliphatic rings. The van der Waals surface area contributed by atoms with Crippen LogP contribution in [0.3, 0.4) is 0 Å². The summed E-state index contributed by atoms with van der Waals surface area (Å²) in [6.45, 7) is 3.84. The van der Waals surface area contributed by atoms with Gasteiger partial charge in [0.25, 0.3) is 0 Å². The molecule has 0 fully saturated rings. The van der Waals surface area contributed by atoms with E-state index in [1.54, 1.807) is 6.07 Å². The van der Waals surface area contributed by atoms with Gasteiger partial charge in [-0.1, -0.05) is 41.9 Å². The highest BCUT2D eigenvalue weighted by molar-refractivity contribution is 6.31. The van der Waals surface area contributed by atoms with Crippen LogP contribution in [0.1, 0.15) is 11.4 Å². The van der Waals surface area contributed by atoms with Crippen LogP contribution in [0.25, 0.3) is 22.3 Å². The van der Waals surface area contributed by atoms with Gasteiger partial charge in [0.2, 0.25) is 5.95 Å². The highest BCUT2D eigenvalue weighted by atomic mass is 35.5. The number of nitrogens with one attached hydrogen (secondary N) is 1. The molecule has 2 aromatic carbocycles. The van der Waals surface area contributed by atoms with Crippen molar-refractivity contribution in [1.82, 2.24) is 9.97 Å². The Bertz CT molecular complexity index is 1170. The predicted molar refractivity (Wildman–Crippen MR) is 107 cm³/mol. The number of fused-ring (bicyclic) bond motifs is 1. The molecule has 0 saturated heterocycles. The van der Waals surface area contributed by atoms with Gasteiger partial charge in [0.1, 0.15) is 11.3 Å². The first-order chi connectivity index (χ1) is 13.1. The molecular formula is C21H17ClN4O. The Hall–Kier alpha value is -3.18. The van der Waals surface area contributed by atoms with Crippen LogP contribution in [0.15, 0.2) is 70.2 Å². The van der Waals surface area contributed by atoms with E-state index in [1.807, 2.05) is 68.4 Å². The van der Waals surface area contributed by atoms with Crippen molar-refractivity contribution in [3.63, 3.8) is 0 Å². The molecule has 0 amide bonds. The molecule has 2 aromatic heterocycles. The molecule has 6 heteroatoms. The molecule has 0 aliphatic carbocycles.